The number of thiophene rings is 1. The topological polar surface area (TPSA) is 36.9 Å². The normalized spacial score (nSPS) is 21.3. The van der Waals surface area contributed by atoms with Gasteiger partial charge in [0.25, 0.3) is 0 Å². The molecule has 1 N–H and O–H groups in total. The van der Waals surface area contributed by atoms with E-state index < -0.39 is 0 Å². The molecule has 2 aliphatic rings. The van der Waals surface area contributed by atoms with Gasteiger partial charge in [0.05, 0.1) is 6.10 Å². The first-order valence-corrected chi connectivity index (χ1v) is 11.2. The molecule has 3 rings (SSSR count). The summed E-state index contributed by atoms with van der Waals surface area (Å²) in [5, 5.41) is 5.74. The number of piperidine rings is 1. The maximum atomic E-state index is 6.20. The lowest BCUT2D eigenvalue weighted by atomic mass is 10.1. The second-order valence-electron chi connectivity index (χ2n) is 7.99. The first kappa shape index (κ1) is 19.7. The van der Waals surface area contributed by atoms with Crippen LogP contribution in [0.2, 0.25) is 0 Å². The third-order valence-electron chi connectivity index (χ3n) is 5.73. The van der Waals surface area contributed by atoms with Crippen molar-refractivity contribution in [2.45, 2.75) is 58.0 Å². The zero-order valence-electron chi connectivity index (χ0n) is 16.5. The summed E-state index contributed by atoms with van der Waals surface area (Å²) in [4.78, 5) is 8.37. The molecule has 2 fully saturated rings. The zero-order valence-corrected chi connectivity index (χ0v) is 17.3. The number of likely N-dealkylation sites (tertiary alicyclic amines) is 1. The van der Waals surface area contributed by atoms with Crippen LogP contribution in [0.5, 0.6) is 0 Å². The fourth-order valence-electron chi connectivity index (χ4n) is 4.13. The fraction of sp³-hybridized carbons (Fsp3) is 0.762. The Morgan fingerprint density at radius 2 is 2.08 bits per heavy atom. The zero-order chi connectivity index (χ0) is 18.2. The first-order chi connectivity index (χ1) is 12.7. The molecule has 1 aromatic rings. The highest BCUT2D eigenvalue weighted by Crippen LogP contribution is 2.26. The molecule has 0 spiro atoms. The standard InChI is InChI=1S/C21H35N3OS/c1-17(14-20-8-5-13-26-20)15-23-21(22-2)24-11-9-19(10-12-24)25-16-18-6-3-4-7-18/h5,8,13,17-19H,3-4,6-7,9-12,14-16H2,1-2H3,(H,22,23). The van der Waals surface area contributed by atoms with Crippen LogP contribution in [0.25, 0.3) is 0 Å². The molecule has 26 heavy (non-hydrogen) atoms. The summed E-state index contributed by atoms with van der Waals surface area (Å²) < 4.78 is 6.20. The summed E-state index contributed by atoms with van der Waals surface area (Å²) in [7, 11) is 1.90. The highest BCUT2D eigenvalue weighted by molar-refractivity contribution is 7.09. The lowest BCUT2D eigenvalue weighted by Crippen LogP contribution is -2.48. The summed E-state index contributed by atoms with van der Waals surface area (Å²) in [5.74, 6) is 2.49. The molecule has 1 saturated heterocycles. The first-order valence-electron chi connectivity index (χ1n) is 10.3. The highest BCUT2D eigenvalue weighted by Gasteiger charge is 2.24. The Hall–Kier alpha value is -1.07. The molecular formula is C21H35N3OS. The lowest BCUT2D eigenvalue weighted by molar-refractivity contribution is 0.00100. The smallest absolute Gasteiger partial charge is 0.193 e. The van der Waals surface area contributed by atoms with Gasteiger partial charge >= 0.3 is 0 Å². The molecule has 1 atom stereocenters. The summed E-state index contributed by atoms with van der Waals surface area (Å²) in [6, 6.07) is 4.37. The Morgan fingerprint density at radius 3 is 2.73 bits per heavy atom. The van der Waals surface area contributed by atoms with Crippen molar-refractivity contribution in [3.05, 3.63) is 22.4 Å². The van der Waals surface area contributed by atoms with Crippen molar-refractivity contribution in [1.82, 2.24) is 10.2 Å². The predicted octanol–water partition coefficient (Wildman–Crippen LogP) is 4.17. The minimum absolute atomic E-state index is 0.447. The van der Waals surface area contributed by atoms with Crippen molar-refractivity contribution in [2.24, 2.45) is 16.8 Å². The van der Waals surface area contributed by atoms with Gasteiger partial charge in [-0.3, -0.25) is 4.99 Å². The summed E-state index contributed by atoms with van der Waals surface area (Å²) in [6.45, 7) is 6.37. The third-order valence-corrected chi connectivity index (χ3v) is 6.63. The second-order valence-corrected chi connectivity index (χ2v) is 9.02. The van der Waals surface area contributed by atoms with Crippen LogP contribution >= 0.6 is 11.3 Å². The highest BCUT2D eigenvalue weighted by atomic mass is 32.1. The molecule has 1 unspecified atom stereocenters. The van der Waals surface area contributed by atoms with E-state index in [-0.39, 0.29) is 0 Å². The van der Waals surface area contributed by atoms with Gasteiger partial charge in [-0.05, 0) is 55.4 Å². The van der Waals surface area contributed by atoms with Gasteiger partial charge in [0.15, 0.2) is 5.96 Å². The van der Waals surface area contributed by atoms with Crippen molar-refractivity contribution >= 4 is 17.3 Å². The Balaban J connectivity index is 1.35. The molecule has 0 radical (unpaired) electrons. The van der Waals surface area contributed by atoms with Gasteiger partial charge in [-0.2, -0.15) is 0 Å². The molecule has 0 amide bonds. The molecule has 1 aromatic heterocycles. The van der Waals surface area contributed by atoms with E-state index >= 15 is 0 Å². The monoisotopic (exact) mass is 377 g/mol. The largest absolute Gasteiger partial charge is 0.378 e. The van der Waals surface area contributed by atoms with E-state index in [1.165, 1.54) is 30.6 Å². The van der Waals surface area contributed by atoms with Crippen LogP contribution in [-0.4, -0.2) is 50.3 Å². The quantitative estimate of drug-likeness (QED) is 0.572. The van der Waals surface area contributed by atoms with Gasteiger partial charge in [-0.15, -0.1) is 11.3 Å². The van der Waals surface area contributed by atoms with Crippen molar-refractivity contribution in [3.63, 3.8) is 0 Å². The molecule has 1 aliphatic carbocycles. The van der Waals surface area contributed by atoms with Crippen molar-refractivity contribution in [1.29, 1.82) is 0 Å². The number of nitrogens with zero attached hydrogens (tertiary/aromatic N) is 2. The van der Waals surface area contributed by atoms with Crippen molar-refractivity contribution in [2.75, 3.05) is 33.3 Å². The Labute approximate surface area is 163 Å². The number of hydrogen-bond acceptors (Lipinski definition) is 3. The Kier molecular flexibility index (Phi) is 7.81. The molecule has 4 nitrogen and oxygen atoms in total. The molecular weight excluding hydrogens is 342 g/mol. The minimum atomic E-state index is 0.447. The minimum Gasteiger partial charge on any atom is -0.378 e. The van der Waals surface area contributed by atoms with Crippen molar-refractivity contribution in [3.8, 4) is 0 Å². The van der Waals surface area contributed by atoms with Gasteiger partial charge in [-0.1, -0.05) is 25.8 Å². The van der Waals surface area contributed by atoms with E-state index in [1.54, 1.807) is 0 Å². The average molecular weight is 378 g/mol. The fourth-order valence-corrected chi connectivity index (χ4v) is 5.00. The van der Waals surface area contributed by atoms with Gasteiger partial charge in [0, 0.05) is 38.2 Å². The SMILES string of the molecule is CN=C(NCC(C)Cc1cccs1)N1CCC(OCC2CCCC2)CC1. The van der Waals surface area contributed by atoms with Crippen LogP contribution in [-0.2, 0) is 11.2 Å². The van der Waals surface area contributed by atoms with E-state index in [1.807, 2.05) is 18.4 Å². The number of guanidine groups is 1. The van der Waals surface area contributed by atoms with Crippen LogP contribution in [0.3, 0.4) is 0 Å². The number of aliphatic imine (C=N–C) groups is 1. The molecule has 5 heteroatoms. The molecule has 0 bridgehead atoms. The van der Waals surface area contributed by atoms with Gasteiger partial charge in [-0.25, -0.2) is 0 Å². The number of nitrogens with one attached hydrogen (secondary N) is 1. The second kappa shape index (κ2) is 10.3. The summed E-state index contributed by atoms with van der Waals surface area (Å²) in [6.07, 6.45) is 9.38. The predicted molar refractivity (Wildman–Crippen MR) is 111 cm³/mol. The van der Waals surface area contributed by atoms with Gasteiger partial charge < -0.3 is 15.0 Å². The van der Waals surface area contributed by atoms with E-state index in [0.29, 0.717) is 12.0 Å². The average Bonchev–Trinajstić information content (AvgIpc) is 3.35. The van der Waals surface area contributed by atoms with Crippen LogP contribution in [0.15, 0.2) is 22.5 Å². The van der Waals surface area contributed by atoms with E-state index in [9.17, 15) is 0 Å². The molecule has 146 valence electrons. The van der Waals surface area contributed by atoms with E-state index in [0.717, 1.165) is 57.4 Å². The molecule has 2 heterocycles. The van der Waals surface area contributed by atoms with Gasteiger partial charge in [0.1, 0.15) is 0 Å². The third kappa shape index (κ3) is 5.98. The Bertz CT molecular complexity index is 531. The number of ether oxygens (including phenoxy) is 1. The van der Waals surface area contributed by atoms with Crippen LogP contribution in [0.1, 0.15) is 50.3 Å². The van der Waals surface area contributed by atoms with E-state index in [2.05, 4.69) is 39.6 Å². The van der Waals surface area contributed by atoms with Crippen LogP contribution < -0.4 is 5.32 Å². The Morgan fingerprint density at radius 1 is 1.31 bits per heavy atom. The summed E-state index contributed by atoms with van der Waals surface area (Å²) in [5.41, 5.74) is 0. The van der Waals surface area contributed by atoms with Crippen LogP contribution in [0.4, 0.5) is 0 Å². The van der Waals surface area contributed by atoms with Crippen molar-refractivity contribution < 1.29 is 4.74 Å². The summed E-state index contributed by atoms with van der Waals surface area (Å²) >= 11 is 1.85. The molecule has 0 aromatic carbocycles. The maximum Gasteiger partial charge on any atom is 0.193 e. The number of rotatable bonds is 7. The number of hydrogen-bond donors (Lipinski definition) is 1. The molecule has 1 saturated carbocycles. The lowest BCUT2D eigenvalue weighted by Gasteiger charge is -2.34. The maximum absolute atomic E-state index is 6.20. The van der Waals surface area contributed by atoms with Gasteiger partial charge in [0.2, 0.25) is 0 Å². The van der Waals surface area contributed by atoms with Crippen LogP contribution in [0, 0.1) is 11.8 Å². The van der Waals surface area contributed by atoms with E-state index in [4.69, 9.17) is 4.74 Å². The molecule has 1 aliphatic heterocycles.